The maximum absolute atomic E-state index is 13.6. The lowest BCUT2D eigenvalue weighted by Crippen LogP contribution is -2.43. The van der Waals surface area contributed by atoms with E-state index < -0.39 is 12.1 Å². The van der Waals surface area contributed by atoms with Crippen LogP contribution in [-0.2, 0) is 21.4 Å². The molecule has 1 saturated heterocycles. The number of urea groups is 1. The lowest BCUT2D eigenvalue weighted by Gasteiger charge is -2.31. The predicted octanol–water partition coefficient (Wildman–Crippen LogP) is 7.57. The molecular formula is C39H50N6O5. The fourth-order valence-corrected chi connectivity index (χ4v) is 5.59. The number of pyridine rings is 1. The minimum absolute atomic E-state index is 0.185. The van der Waals surface area contributed by atoms with Crippen molar-refractivity contribution in [2.45, 2.75) is 52.1 Å². The highest BCUT2D eigenvalue weighted by molar-refractivity contribution is 6.10. The highest BCUT2D eigenvalue weighted by Crippen LogP contribution is 2.39. The zero-order chi connectivity index (χ0) is 36.1. The fourth-order valence-electron chi connectivity index (χ4n) is 5.59. The first-order valence-corrected chi connectivity index (χ1v) is 16.9. The molecule has 11 heteroatoms. The third kappa shape index (κ3) is 8.90. The molecule has 1 fully saturated rings. The van der Waals surface area contributed by atoms with E-state index in [-0.39, 0.29) is 17.6 Å². The molecule has 3 N–H and O–H groups in total. The Hall–Kier alpha value is -4.71. The Labute approximate surface area is 295 Å². The molecule has 1 aliphatic rings. The van der Waals surface area contributed by atoms with E-state index in [1.807, 2.05) is 87.6 Å². The topological polar surface area (TPSA) is 117 Å². The van der Waals surface area contributed by atoms with Crippen LogP contribution in [0.2, 0.25) is 0 Å². The molecule has 0 saturated carbocycles. The lowest BCUT2D eigenvalue weighted by molar-refractivity contribution is 0.0336. The second-order valence-electron chi connectivity index (χ2n) is 14.5. The van der Waals surface area contributed by atoms with E-state index in [2.05, 4.69) is 53.8 Å². The molecule has 1 aromatic heterocycles. The molecule has 0 radical (unpaired) electrons. The zero-order valence-corrected chi connectivity index (χ0v) is 30.5. The number of hydrogen-bond acceptors (Lipinski definition) is 8. The van der Waals surface area contributed by atoms with E-state index in [0.29, 0.717) is 22.8 Å². The molecule has 3 aromatic carbocycles. The Morgan fingerprint density at radius 2 is 1.54 bits per heavy atom. The van der Waals surface area contributed by atoms with Crippen molar-refractivity contribution in [1.82, 2.24) is 14.8 Å². The molecule has 3 amide bonds. The van der Waals surface area contributed by atoms with Gasteiger partial charge in [0.1, 0.15) is 6.61 Å². The number of anilines is 3. The minimum Gasteiger partial charge on any atom is -0.492 e. The van der Waals surface area contributed by atoms with Crippen LogP contribution < -0.4 is 20.7 Å². The summed E-state index contributed by atoms with van der Waals surface area (Å²) < 4.78 is 16.8. The van der Waals surface area contributed by atoms with E-state index in [4.69, 9.17) is 19.2 Å². The van der Waals surface area contributed by atoms with Crippen molar-refractivity contribution in [1.29, 1.82) is 0 Å². The SMILES string of the molecule is COc1c(NC(=O)Nc2ccc(-c3ccc(CN4CCOCC4)nc3)c3ccccc23)cc(C(C)(C)C)cc1NC(=O)OCC(C)(C)N(C)C. The maximum Gasteiger partial charge on any atom is 0.411 e. The van der Waals surface area contributed by atoms with Crippen molar-refractivity contribution in [2.24, 2.45) is 0 Å². The maximum atomic E-state index is 13.6. The van der Waals surface area contributed by atoms with Gasteiger partial charge in [-0.15, -0.1) is 0 Å². The standard InChI is InChI=1S/C39H50N6O5/c1-38(2,3)27-21-33(35(48-8)34(22-27)43-37(47)50-25-39(4,5)44(6)7)42-36(46)41-32-16-15-29(30-11-9-10-12-31(30)32)26-13-14-28(40-23-26)24-45-17-19-49-20-18-45/h9-16,21-23H,17-20,24-25H2,1-8H3,(H,43,47)(H2,41,42,46). The predicted molar refractivity (Wildman–Crippen MR) is 200 cm³/mol. The van der Waals surface area contributed by atoms with Gasteiger partial charge in [0.2, 0.25) is 0 Å². The summed E-state index contributed by atoms with van der Waals surface area (Å²) in [7, 11) is 5.36. The average Bonchev–Trinajstić information content (AvgIpc) is 3.08. The van der Waals surface area contributed by atoms with Crippen molar-refractivity contribution in [2.75, 3.05) is 70.1 Å². The second kappa shape index (κ2) is 15.5. The van der Waals surface area contributed by atoms with Crippen LogP contribution in [0.5, 0.6) is 5.75 Å². The van der Waals surface area contributed by atoms with Gasteiger partial charge in [-0.2, -0.15) is 0 Å². The van der Waals surface area contributed by atoms with Gasteiger partial charge in [-0.05, 0) is 74.1 Å². The average molecular weight is 683 g/mol. The number of ether oxygens (including phenoxy) is 3. The molecular weight excluding hydrogens is 632 g/mol. The number of amides is 3. The molecule has 266 valence electrons. The van der Waals surface area contributed by atoms with E-state index >= 15 is 0 Å². The third-order valence-electron chi connectivity index (χ3n) is 9.21. The molecule has 0 atom stereocenters. The van der Waals surface area contributed by atoms with Crippen LogP contribution in [0.1, 0.15) is 45.9 Å². The quantitative estimate of drug-likeness (QED) is 0.157. The molecule has 0 bridgehead atoms. The van der Waals surface area contributed by atoms with Gasteiger partial charge in [0.25, 0.3) is 0 Å². The number of morpholine rings is 1. The highest BCUT2D eigenvalue weighted by Gasteiger charge is 2.25. The van der Waals surface area contributed by atoms with Gasteiger partial charge in [0.15, 0.2) is 5.75 Å². The second-order valence-corrected chi connectivity index (χ2v) is 14.5. The van der Waals surface area contributed by atoms with Gasteiger partial charge in [-0.1, -0.05) is 57.2 Å². The summed E-state index contributed by atoms with van der Waals surface area (Å²) in [5, 5.41) is 10.7. The monoisotopic (exact) mass is 682 g/mol. The first-order valence-electron chi connectivity index (χ1n) is 16.9. The summed E-state index contributed by atoms with van der Waals surface area (Å²) in [4.78, 5) is 35.6. The number of nitrogens with one attached hydrogen (secondary N) is 3. The molecule has 0 aliphatic carbocycles. The summed E-state index contributed by atoms with van der Waals surface area (Å²) in [5.74, 6) is 0.307. The zero-order valence-electron chi connectivity index (χ0n) is 30.5. The number of carbonyl (C=O) groups excluding carboxylic acids is 2. The molecule has 1 aliphatic heterocycles. The Bertz CT molecular complexity index is 1810. The van der Waals surface area contributed by atoms with Crippen LogP contribution in [-0.4, -0.2) is 86.6 Å². The summed E-state index contributed by atoms with van der Waals surface area (Å²) in [5.41, 5.74) is 4.72. The molecule has 50 heavy (non-hydrogen) atoms. The fraction of sp³-hybridized carbons (Fsp3) is 0.410. The smallest absolute Gasteiger partial charge is 0.411 e. The third-order valence-corrected chi connectivity index (χ3v) is 9.21. The summed E-state index contributed by atoms with van der Waals surface area (Å²) in [6.45, 7) is 14.5. The Morgan fingerprint density at radius 3 is 2.16 bits per heavy atom. The van der Waals surface area contributed by atoms with Gasteiger partial charge in [0, 0.05) is 42.3 Å². The number of aromatic nitrogens is 1. The number of carbonyl (C=O) groups is 2. The first kappa shape index (κ1) is 36.6. The number of fused-ring (bicyclic) bond motifs is 1. The van der Waals surface area contributed by atoms with Crippen molar-refractivity contribution in [3.8, 4) is 16.9 Å². The van der Waals surface area contributed by atoms with Crippen LogP contribution in [0, 0.1) is 0 Å². The molecule has 0 unspecified atom stereocenters. The largest absolute Gasteiger partial charge is 0.492 e. The van der Waals surface area contributed by atoms with Gasteiger partial charge in [-0.3, -0.25) is 15.2 Å². The number of methoxy groups -OCH3 is 1. The van der Waals surface area contributed by atoms with Gasteiger partial charge in [-0.25, -0.2) is 9.59 Å². The van der Waals surface area contributed by atoms with Gasteiger partial charge in [0.05, 0.1) is 43.1 Å². The van der Waals surface area contributed by atoms with Crippen LogP contribution >= 0.6 is 0 Å². The molecule has 0 spiro atoms. The molecule has 11 nitrogen and oxygen atoms in total. The number of benzene rings is 3. The summed E-state index contributed by atoms with van der Waals surface area (Å²) in [6, 6.07) is 19.3. The van der Waals surface area contributed by atoms with Crippen LogP contribution in [0.4, 0.5) is 26.7 Å². The Kier molecular flexibility index (Phi) is 11.3. The summed E-state index contributed by atoms with van der Waals surface area (Å²) >= 11 is 0. The molecule has 4 aromatic rings. The van der Waals surface area contributed by atoms with Gasteiger partial charge >= 0.3 is 12.1 Å². The van der Waals surface area contributed by atoms with Crippen LogP contribution in [0.25, 0.3) is 21.9 Å². The highest BCUT2D eigenvalue weighted by atomic mass is 16.6. The van der Waals surface area contributed by atoms with Gasteiger partial charge < -0.3 is 29.7 Å². The van der Waals surface area contributed by atoms with E-state index in [1.54, 1.807) is 0 Å². The Balaban J connectivity index is 1.36. The van der Waals surface area contributed by atoms with E-state index in [1.165, 1.54) is 7.11 Å². The van der Waals surface area contributed by atoms with Crippen molar-refractivity contribution >= 4 is 40.0 Å². The van der Waals surface area contributed by atoms with Crippen LogP contribution in [0.3, 0.4) is 0 Å². The summed E-state index contributed by atoms with van der Waals surface area (Å²) in [6.07, 6.45) is 1.30. The van der Waals surface area contributed by atoms with Crippen molar-refractivity contribution < 1.29 is 23.8 Å². The molecule has 2 heterocycles. The van der Waals surface area contributed by atoms with E-state index in [0.717, 1.165) is 66.0 Å². The normalized spacial score (nSPS) is 14.0. The van der Waals surface area contributed by atoms with Crippen LogP contribution in [0.15, 0.2) is 66.9 Å². The van der Waals surface area contributed by atoms with E-state index in [9.17, 15) is 9.59 Å². The minimum atomic E-state index is -0.617. The number of nitrogens with zero attached hydrogens (tertiary/aromatic N) is 3. The number of rotatable bonds is 10. The number of hydrogen-bond donors (Lipinski definition) is 3. The lowest BCUT2D eigenvalue weighted by atomic mass is 9.86. The number of likely N-dealkylation sites (N-methyl/N-ethyl adjacent to an activating group) is 1. The van der Waals surface area contributed by atoms with Crippen molar-refractivity contribution in [3.63, 3.8) is 0 Å². The Morgan fingerprint density at radius 1 is 0.880 bits per heavy atom. The molecule has 5 rings (SSSR count). The first-order chi connectivity index (χ1) is 23.7. The van der Waals surface area contributed by atoms with Crippen molar-refractivity contribution in [3.05, 3.63) is 78.1 Å².